The molecule has 2 N–H and O–H groups in total. The normalized spacial score (nSPS) is 10.9. The van der Waals surface area contributed by atoms with Crippen molar-refractivity contribution in [3.8, 4) is 0 Å². The van der Waals surface area contributed by atoms with Gasteiger partial charge in [-0.1, -0.05) is 36.4 Å². The highest BCUT2D eigenvalue weighted by molar-refractivity contribution is 7.89. The third kappa shape index (κ3) is 3.59. The summed E-state index contributed by atoms with van der Waals surface area (Å²) in [5.74, 6) is 0. The van der Waals surface area contributed by atoms with Gasteiger partial charge in [-0.05, 0) is 24.3 Å². The van der Waals surface area contributed by atoms with Crippen molar-refractivity contribution in [2.45, 2.75) is 0 Å². The highest BCUT2D eigenvalue weighted by Gasteiger charge is 2.41. The van der Waals surface area contributed by atoms with Gasteiger partial charge in [0.1, 0.15) is 0 Å². The lowest BCUT2D eigenvalue weighted by atomic mass is 10.4. The summed E-state index contributed by atoms with van der Waals surface area (Å²) in [4.78, 5) is 0. The van der Waals surface area contributed by atoms with Crippen LogP contribution in [0.15, 0.2) is 60.7 Å². The smallest absolute Gasteiger partial charge is 0.0993 e. The fraction of sp³-hybridized carbons (Fsp3) is 0.250. The zero-order chi connectivity index (χ0) is 13.6. The number of hydrogen-bond acceptors (Lipinski definition) is 2. The van der Waals surface area contributed by atoms with E-state index in [0.29, 0.717) is 0 Å². The SMILES string of the molecule is OCC[P+](CCO)(c1ccccc1)c1ccccc1.[Cl-]. The van der Waals surface area contributed by atoms with Gasteiger partial charge in [0, 0.05) is 0 Å². The van der Waals surface area contributed by atoms with Crippen LogP contribution < -0.4 is 23.0 Å². The standard InChI is InChI=1S/C16H20O2P.ClH/c17-11-13-19(14-12-18,15-7-3-1-4-8-15)16-9-5-2-6-10-16;/h1-10,17-18H,11-14H2;1H/q+1;/p-1. The third-order valence-electron chi connectivity index (χ3n) is 3.46. The highest BCUT2D eigenvalue weighted by atomic mass is 35.5. The lowest BCUT2D eigenvalue weighted by Gasteiger charge is -2.26. The zero-order valence-electron chi connectivity index (χ0n) is 11.3. The van der Waals surface area contributed by atoms with Crippen molar-refractivity contribution >= 4 is 17.9 Å². The Labute approximate surface area is 127 Å². The molecule has 4 heteroatoms. The lowest BCUT2D eigenvalue weighted by molar-refractivity contribution is -0.00000608. The summed E-state index contributed by atoms with van der Waals surface area (Å²) < 4.78 is 0. The van der Waals surface area contributed by atoms with Crippen LogP contribution in [0.4, 0.5) is 0 Å². The zero-order valence-corrected chi connectivity index (χ0v) is 13.0. The van der Waals surface area contributed by atoms with Crippen LogP contribution in [-0.4, -0.2) is 35.8 Å². The first-order chi connectivity index (χ1) is 9.33. The fourth-order valence-electron chi connectivity index (χ4n) is 2.55. The number of rotatable bonds is 6. The molecule has 2 nitrogen and oxygen atoms in total. The first kappa shape index (κ1) is 17.1. The van der Waals surface area contributed by atoms with Crippen LogP contribution in [0.3, 0.4) is 0 Å². The molecule has 0 aromatic heterocycles. The van der Waals surface area contributed by atoms with Gasteiger partial charge in [0.25, 0.3) is 0 Å². The number of hydrogen-bond donors (Lipinski definition) is 2. The van der Waals surface area contributed by atoms with Gasteiger partial charge in [-0.2, -0.15) is 0 Å². The summed E-state index contributed by atoms with van der Waals surface area (Å²) in [7, 11) is -1.70. The van der Waals surface area contributed by atoms with E-state index < -0.39 is 7.26 Å². The van der Waals surface area contributed by atoms with Gasteiger partial charge >= 0.3 is 0 Å². The molecule has 108 valence electrons. The second-order valence-electron chi connectivity index (χ2n) is 4.53. The molecule has 2 rings (SSSR count). The van der Waals surface area contributed by atoms with Crippen molar-refractivity contribution in [2.75, 3.05) is 25.5 Å². The van der Waals surface area contributed by atoms with Crippen LogP contribution in [0.2, 0.25) is 0 Å². The van der Waals surface area contributed by atoms with Gasteiger partial charge in [0.2, 0.25) is 0 Å². The van der Waals surface area contributed by atoms with Crippen LogP contribution in [0.5, 0.6) is 0 Å². The Morgan fingerprint density at radius 1 is 0.650 bits per heavy atom. The Hall–Kier alpha value is -0.920. The monoisotopic (exact) mass is 310 g/mol. The van der Waals surface area contributed by atoms with Crippen molar-refractivity contribution in [2.24, 2.45) is 0 Å². The average molecular weight is 311 g/mol. The van der Waals surface area contributed by atoms with Crippen LogP contribution in [-0.2, 0) is 0 Å². The van der Waals surface area contributed by atoms with Gasteiger partial charge in [-0.15, -0.1) is 0 Å². The van der Waals surface area contributed by atoms with E-state index in [1.165, 1.54) is 10.6 Å². The summed E-state index contributed by atoms with van der Waals surface area (Å²) in [6, 6.07) is 20.6. The number of aliphatic hydroxyl groups is 2. The summed E-state index contributed by atoms with van der Waals surface area (Å²) in [5, 5.41) is 21.5. The summed E-state index contributed by atoms with van der Waals surface area (Å²) in [5.41, 5.74) is 0. The Morgan fingerprint density at radius 3 is 1.30 bits per heavy atom. The van der Waals surface area contributed by atoms with Crippen LogP contribution in [0, 0.1) is 0 Å². The Kier molecular flexibility index (Phi) is 7.18. The van der Waals surface area contributed by atoms with Crippen molar-refractivity contribution in [1.82, 2.24) is 0 Å². The molecule has 0 aliphatic heterocycles. The molecule has 0 heterocycles. The van der Waals surface area contributed by atoms with Crippen LogP contribution in [0.1, 0.15) is 0 Å². The number of benzene rings is 2. The molecule has 0 spiro atoms. The van der Waals surface area contributed by atoms with E-state index in [2.05, 4.69) is 24.3 Å². The number of halogens is 1. The minimum absolute atomic E-state index is 0. The molecular weight excluding hydrogens is 291 g/mol. The van der Waals surface area contributed by atoms with E-state index in [0.717, 1.165) is 12.3 Å². The Balaban J connectivity index is 0.00000200. The molecule has 0 saturated heterocycles. The first-order valence-electron chi connectivity index (χ1n) is 6.53. The summed E-state index contributed by atoms with van der Waals surface area (Å²) in [6.45, 7) is 0.301. The van der Waals surface area contributed by atoms with E-state index in [-0.39, 0.29) is 25.6 Å². The summed E-state index contributed by atoms with van der Waals surface area (Å²) in [6.07, 6.45) is 1.45. The van der Waals surface area contributed by atoms with Crippen molar-refractivity contribution < 1.29 is 22.6 Å². The predicted octanol–water partition coefficient (Wildman–Crippen LogP) is -1.36. The van der Waals surface area contributed by atoms with Gasteiger partial charge in [-0.25, -0.2) is 0 Å². The largest absolute Gasteiger partial charge is 1.00 e. The van der Waals surface area contributed by atoms with Crippen LogP contribution in [0.25, 0.3) is 0 Å². The van der Waals surface area contributed by atoms with Gasteiger partial charge in [0.15, 0.2) is 0 Å². The molecule has 0 radical (unpaired) electrons. The molecule has 0 fully saturated rings. The van der Waals surface area contributed by atoms with Crippen molar-refractivity contribution in [1.29, 1.82) is 0 Å². The molecule has 0 atom stereocenters. The highest BCUT2D eigenvalue weighted by Crippen LogP contribution is 2.55. The molecule has 0 aliphatic rings. The summed E-state index contributed by atoms with van der Waals surface area (Å²) >= 11 is 0. The first-order valence-corrected chi connectivity index (χ1v) is 8.69. The molecular formula is C16H20ClO2P. The maximum absolute atomic E-state index is 9.50. The minimum atomic E-state index is -1.70. The topological polar surface area (TPSA) is 40.5 Å². The van der Waals surface area contributed by atoms with E-state index >= 15 is 0 Å². The Bertz CT molecular complexity index is 443. The van der Waals surface area contributed by atoms with Crippen molar-refractivity contribution in [3.63, 3.8) is 0 Å². The van der Waals surface area contributed by atoms with E-state index in [9.17, 15) is 10.2 Å². The molecule has 0 unspecified atom stereocenters. The predicted molar refractivity (Wildman–Crippen MR) is 83.0 cm³/mol. The quantitative estimate of drug-likeness (QED) is 0.647. The molecule has 0 saturated carbocycles. The van der Waals surface area contributed by atoms with Gasteiger partial charge in [0.05, 0.1) is 43.4 Å². The minimum Gasteiger partial charge on any atom is -1.00 e. The maximum Gasteiger partial charge on any atom is 0.0993 e. The average Bonchev–Trinajstić information content (AvgIpc) is 2.49. The molecule has 2 aromatic rings. The molecule has 20 heavy (non-hydrogen) atoms. The molecule has 0 bridgehead atoms. The molecule has 2 aromatic carbocycles. The van der Waals surface area contributed by atoms with Gasteiger partial charge in [-0.3, -0.25) is 0 Å². The molecule has 0 amide bonds. The third-order valence-corrected chi connectivity index (χ3v) is 7.96. The van der Waals surface area contributed by atoms with Crippen molar-refractivity contribution in [3.05, 3.63) is 60.7 Å². The fourth-order valence-corrected chi connectivity index (χ4v) is 6.27. The van der Waals surface area contributed by atoms with Crippen LogP contribution >= 0.6 is 7.26 Å². The van der Waals surface area contributed by atoms with E-state index in [4.69, 9.17) is 0 Å². The van der Waals surface area contributed by atoms with E-state index in [1.807, 2.05) is 36.4 Å². The second-order valence-corrected chi connectivity index (χ2v) is 8.40. The van der Waals surface area contributed by atoms with E-state index in [1.54, 1.807) is 0 Å². The lowest BCUT2D eigenvalue weighted by Crippen LogP contribution is -3.00. The number of aliphatic hydroxyl groups excluding tert-OH is 2. The maximum atomic E-state index is 9.50. The Morgan fingerprint density at radius 2 is 1.00 bits per heavy atom. The molecule has 0 aliphatic carbocycles. The van der Waals surface area contributed by atoms with Gasteiger partial charge < -0.3 is 22.6 Å². The second kappa shape index (κ2) is 8.39.